The fraction of sp³-hybridized carbons (Fsp3) is 0.381. The van der Waals surface area contributed by atoms with Gasteiger partial charge in [-0.25, -0.2) is 15.0 Å². The van der Waals surface area contributed by atoms with E-state index < -0.39 is 0 Å². The van der Waals surface area contributed by atoms with Crippen molar-refractivity contribution >= 4 is 22.8 Å². The van der Waals surface area contributed by atoms with Crippen LogP contribution >= 0.6 is 0 Å². The molecule has 2 aromatic heterocycles. The molecule has 2 unspecified atom stereocenters. The Morgan fingerprint density at radius 3 is 2.45 bits per heavy atom. The Morgan fingerprint density at radius 1 is 0.966 bits per heavy atom. The first-order valence-electron chi connectivity index (χ1n) is 9.93. The van der Waals surface area contributed by atoms with Crippen LogP contribution in [-0.2, 0) is 11.3 Å². The van der Waals surface area contributed by atoms with Crippen molar-refractivity contribution in [2.75, 3.05) is 31.1 Å². The molecule has 1 aromatic carbocycles. The van der Waals surface area contributed by atoms with Crippen molar-refractivity contribution in [1.29, 1.82) is 0 Å². The van der Waals surface area contributed by atoms with E-state index in [1.54, 1.807) is 18.5 Å². The van der Waals surface area contributed by atoms with Crippen LogP contribution in [0.1, 0.15) is 6.42 Å². The molecule has 8 nitrogen and oxygen atoms in total. The van der Waals surface area contributed by atoms with Crippen LogP contribution in [0.3, 0.4) is 0 Å². The van der Waals surface area contributed by atoms with Gasteiger partial charge in [0.25, 0.3) is 5.56 Å². The molecule has 2 aliphatic heterocycles. The molecule has 3 aromatic rings. The number of amides is 1. The van der Waals surface area contributed by atoms with Crippen LogP contribution in [0.4, 0.5) is 5.95 Å². The Bertz CT molecular complexity index is 1090. The number of rotatable bonds is 4. The molecular weight excluding hydrogens is 368 g/mol. The second kappa shape index (κ2) is 7.27. The van der Waals surface area contributed by atoms with E-state index >= 15 is 0 Å². The smallest absolute Gasteiger partial charge is 0.261 e. The molecule has 2 saturated heterocycles. The van der Waals surface area contributed by atoms with E-state index in [1.807, 2.05) is 29.2 Å². The fourth-order valence-corrected chi connectivity index (χ4v) is 4.45. The lowest BCUT2D eigenvalue weighted by molar-refractivity contribution is -0.130. The molecule has 0 N–H and O–H groups in total. The molecule has 5 rings (SSSR count). The molecule has 29 heavy (non-hydrogen) atoms. The van der Waals surface area contributed by atoms with Gasteiger partial charge in [-0.05, 0) is 18.2 Å². The highest BCUT2D eigenvalue weighted by Gasteiger charge is 2.42. The third kappa shape index (κ3) is 3.35. The maximum Gasteiger partial charge on any atom is 0.261 e. The van der Waals surface area contributed by atoms with Crippen LogP contribution < -0.4 is 10.5 Å². The Morgan fingerprint density at radius 2 is 1.69 bits per heavy atom. The third-order valence-corrected chi connectivity index (χ3v) is 5.97. The summed E-state index contributed by atoms with van der Waals surface area (Å²) in [4.78, 5) is 42.4. The number of benzene rings is 1. The SMILES string of the molecule is O=C(CCn1cnc2ccccc2c1=O)N1CC2CN(c3ncccn3)CC2C1. The first-order chi connectivity index (χ1) is 14.2. The topological polar surface area (TPSA) is 84.2 Å². The minimum atomic E-state index is -0.0970. The van der Waals surface area contributed by atoms with Crippen LogP contribution in [0.5, 0.6) is 0 Å². The number of anilines is 1. The zero-order valence-electron chi connectivity index (χ0n) is 16.0. The molecule has 0 bridgehead atoms. The van der Waals surface area contributed by atoms with Crippen LogP contribution in [0.15, 0.2) is 53.8 Å². The highest BCUT2D eigenvalue weighted by molar-refractivity contribution is 5.78. The second-order valence-corrected chi connectivity index (χ2v) is 7.78. The number of nitrogens with zero attached hydrogens (tertiary/aromatic N) is 6. The zero-order valence-corrected chi connectivity index (χ0v) is 16.0. The van der Waals surface area contributed by atoms with Crippen molar-refractivity contribution in [2.45, 2.75) is 13.0 Å². The van der Waals surface area contributed by atoms with Gasteiger partial charge in [-0.15, -0.1) is 0 Å². The maximum atomic E-state index is 12.7. The highest BCUT2D eigenvalue weighted by atomic mass is 16.2. The summed E-state index contributed by atoms with van der Waals surface area (Å²) in [6.45, 7) is 3.64. The molecule has 0 aliphatic carbocycles. The molecule has 0 radical (unpaired) electrons. The van der Waals surface area contributed by atoms with E-state index in [0.717, 1.165) is 32.1 Å². The summed E-state index contributed by atoms with van der Waals surface area (Å²) in [5, 5.41) is 0.585. The molecule has 0 spiro atoms. The van der Waals surface area contributed by atoms with Crippen LogP contribution in [0.25, 0.3) is 10.9 Å². The normalized spacial score (nSPS) is 21.0. The monoisotopic (exact) mass is 390 g/mol. The number of aryl methyl sites for hydroxylation is 1. The van der Waals surface area contributed by atoms with Crippen molar-refractivity contribution in [3.05, 3.63) is 59.4 Å². The van der Waals surface area contributed by atoms with Gasteiger partial charge in [0.05, 0.1) is 17.2 Å². The average Bonchev–Trinajstić information content (AvgIpc) is 3.33. The van der Waals surface area contributed by atoms with Gasteiger partial charge < -0.3 is 9.80 Å². The quantitative estimate of drug-likeness (QED) is 0.665. The molecule has 4 heterocycles. The molecule has 2 fully saturated rings. The molecular formula is C21H22N6O2. The predicted molar refractivity (Wildman–Crippen MR) is 108 cm³/mol. The lowest BCUT2D eigenvalue weighted by Gasteiger charge is -2.21. The second-order valence-electron chi connectivity index (χ2n) is 7.78. The van der Waals surface area contributed by atoms with Crippen molar-refractivity contribution in [3.8, 4) is 0 Å². The van der Waals surface area contributed by atoms with E-state index in [9.17, 15) is 9.59 Å². The molecule has 0 saturated carbocycles. The molecule has 2 atom stereocenters. The van der Waals surface area contributed by atoms with Crippen molar-refractivity contribution < 1.29 is 4.79 Å². The van der Waals surface area contributed by atoms with Gasteiger partial charge in [0.2, 0.25) is 11.9 Å². The Kier molecular flexibility index (Phi) is 4.46. The summed E-state index contributed by atoms with van der Waals surface area (Å²) in [5.74, 6) is 1.77. The molecule has 8 heteroatoms. The Balaban J connectivity index is 1.20. The van der Waals surface area contributed by atoms with Crippen molar-refractivity contribution in [2.24, 2.45) is 11.8 Å². The first-order valence-corrected chi connectivity index (χ1v) is 9.93. The standard InChI is InChI=1S/C21H22N6O2/c28-19(6-9-25-14-24-18-5-2-1-4-17(18)20(25)29)26-10-15-12-27(13-16(15)11-26)21-22-7-3-8-23-21/h1-5,7-8,14-16H,6,9-13H2. The first kappa shape index (κ1) is 17.8. The molecule has 148 valence electrons. The summed E-state index contributed by atoms with van der Waals surface area (Å²) >= 11 is 0. The van der Waals surface area contributed by atoms with Crippen LogP contribution in [0.2, 0.25) is 0 Å². The highest BCUT2D eigenvalue weighted by Crippen LogP contribution is 2.32. The minimum Gasteiger partial charge on any atom is -0.342 e. The van der Waals surface area contributed by atoms with Gasteiger partial charge in [-0.3, -0.25) is 14.2 Å². The van der Waals surface area contributed by atoms with Gasteiger partial charge in [0, 0.05) is 63.4 Å². The number of aromatic nitrogens is 4. The van der Waals surface area contributed by atoms with Gasteiger partial charge in [-0.1, -0.05) is 12.1 Å². The Hall–Kier alpha value is -3.29. The minimum absolute atomic E-state index is 0.0970. The number of likely N-dealkylation sites (tertiary alicyclic amines) is 1. The predicted octanol–water partition coefficient (Wildman–Crippen LogP) is 1.17. The molecule has 2 aliphatic rings. The summed E-state index contributed by atoms with van der Waals surface area (Å²) < 4.78 is 1.53. The van der Waals surface area contributed by atoms with E-state index in [0.29, 0.717) is 35.7 Å². The van der Waals surface area contributed by atoms with E-state index in [-0.39, 0.29) is 11.5 Å². The summed E-state index contributed by atoms with van der Waals surface area (Å²) in [7, 11) is 0. The number of carbonyl (C=O) groups is 1. The van der Waals surface area contributed by atoms with Crippen LogP contribution in [0, 0.1) is 11.8 Å². The van der Waals surface area contributed by atoms with E-state index in [4.69, 9.17) is 0 Å². The van der Waals surface area contributed by atoms with Crippen molar-refractivity contribution in [1.82, 2.24) is 24.4 Å². The van der Waals surface area contributed by atoms with E-state index in [2.05, 4.69) is 19.9 Å². The average molecular weight is 390 g/mol. The lowest BCUT2D eigenvalue weighted by atomic mass is 10.0. The van der Waals surface area contributed by atoms with Gasteiger partial charge in [-0.2, -0.15) is 0 Å². The molecule has 1 amide bonds. The number of carbonyl (C=O) groups excluding carboxylic acids is 1. The number of hydrogen-bond donors (Lipinski definition) is 0. The van der Waals surface area contributed by atoms with Gasteiger partial charge >= 0.3 is 0 Å². The maximum absolute atomic E-state index is 12.7. The van der Waals surface area contributed by atoms with Gasteiger partial charge in [0.15, 0.2) is 0 Å². The Labute approximate surface area is 167 Å². The van der Waals surface area contributed by atoms with Crippen LogP contribution in [-0.4, -0.2) is 56.5 Å². The zero-order chi connectivity index (χ0) is 19.8. The fourth-order valence-electron chi connectivity index (χ4n) is 4.45. The lowest BCUT2D eigenvalue weighted by Crippen LogP contribution is -2.34. The summed E-state index contributed by atoms with van der Waals surface area (Å²) in [6.07, 6.45) is 5.37. The van der Waals surface area contributed by atoms with Crippen molar-refractivity contribution in [3.63, 3.8) is 0 Å². The van der Waals surface area contributed by atoms with E-state index in [1.165, 1.54) is 10.9 Å². The number of fused-ring (bicyclic) bond motifs is 2. The summed E-state index contributed by atoms with van der Waals surface area (Å²) in [6, 6.07) is 9.09. The third-order valence-electron chi connectivity index (χ3n) is 5.97. The largest absolute Gasteiger partial charge is 0.342 e. The van der Waals surface area contributed by atoms with Gasteiger partial charge in [0.1, 0.15) is 0 Å². The number of para-hydroxylation sites is 1. The summed E-state index contributed by atoms with van der Waals surface area (Å²) in [5.41, 5.74) is 0.583. The number of hydrogen-bond acceptors (Lipinski definition) is 6.